The smallest absolute Gasteiger partial charge is 0.235 e. The minimum absolute atomic E-state index is 0.0978. The summed E-state index contributed by atoms with van der Waals surface area (Å²) in [5.41, 5.74) is 0.831. The molecule has 1 fully saturated rings. The quantitative estimate of drug-likeness (QED) is 0.615. The third kappa shape index (κ3) is 3.89. The number of para-hydroxylation sites is 2. The molecule has 0 spiro atoms. The van der Waals surface area contributed by atoms with Gasteiger partial charge in [0.05, 0.1) is 30.8 Å². The van der Waals surface area contributed by atoms with Gasteiger partial charge >= 0.3 is 0 Å². The van der Waals surface area contributed by atoms with Crippen molar-refractivity contribution in [2.24, 2.45) is 0 Å². The molecular formula is C19H22N6O2S. The summed E-state index contributed by atoms with van der Waals surface area (Å²) >= 11 is 1.33. The highest BCUT2D eigenvalue weighted by molar-refractivity contribution is 7.99. The highest BCUT2D eigenvalue weighted by Gasteiger charge is 2.21. The van der Waals surface area contributed by atoms with Crippen molar-refractivity contribution in [1.29, 1.82) is 0 Å². The zero-order chi connectivity index (χ0) is 19.3. The molecule has 0 atom stereocenters. The molecule has 0 unspecified atom stereocenters. The molecule has 2 heterocycles. The Morgan fingerprint density at radius 3 is 2.93 bits per heavy atom. The topological polar surface area (TPSA) is 86.9 Å². The average Bonchev–Trinajstić information content (AvgIpc) is 3.47. The number of anilines is 1. The molecule has 1 amide bonds. The molecule has 0 aliphatic heterocycles. The number of thioether (sulfide) groups is 1. The Morgan fingerprint density at radius 1 is 1.29 bits per heavy atom. The second-order valence-corrected chi connectivity index (χ2v) is 7.53. The van der Waals surface area contributed by atoms with E-state index in [0.29, 0.717) is 16.9 Å². The number of nitrogens with one attached hydrogen (secondary N) is 1. The molecule has 1 aliphatic carbocycles. The summed E-state index contributed by atoms with van der Waals surface area (Å²) in [6.07, 6.45) is 8.01. The molecule has 0 radical (unpaired) electrons. The number of benzene rings is 1. The number of carbonyl (C=O) groups is 1. The van der Waals surface area contributed by atoms with Crippen LogP contribution in [0.25, 0.3) is 5.69 Å². The van der Waals surface area contributed by atoms with Crippen molar-refractivity contribution in [2.75, 3.05) is 18.2 Å². The summed E-state index contributed by atoms with van der Waals surface area (Å²) in [6.45, 7) is 0. The minimum Gasteiger partial charge on any atom is -0.495 e. The molecule has 28 heavy (non-hydrogen) atoms. The van der Waals surface area contributed by atoms with Crippen LogP contribution < -0.4 is 10.1 Å². The molecule has 9 heteroatoms. The van der Waals surface area contributed by atoms with Crippen LogP contribution >= 0.6 is 11.8 Å². The Balaban J connectivity index is 1.41. The van der Waals surface area contributed by atoms with Crippen molar-refractivity contribution in [2.45, 2.75) is 36.9 Å². The number of methoxy groups -OCH3 is 1. The Kier molecular flexibility index (Phi) is 5.61. The highest BCUT2D eigenvalue weighted by Crippen LogP contribution is 2.31. The van der Waals surface area contributed by atoms with Crippen molar-refractivity contribution in [1.82, 2.24) is 24.5 Å². The second-order valence-electron chi connectivity index (χ2n) is 6.59. The fraction of sp³-hybridized carbons (Fsp3) is 0.368. The van der Waals surface area contributed by atoms with E-state index in [9.17, 15) is 4.79 Å². The Labute approximate surface area is 167 Å². The number of amides is 1. The zero-order valence-electron chi connectivity index (χ0n) is 15.6. The van der Waals surface area contributed by atoms with Crippen molar-refractivity contribution in [3.8, 4) is 11.4 Å². The molecular weight excluding hydrogens is 376 g/mol. The summed E-state index contributed by atoms with van der Waals surface area (Å²) < 4.78 is 9.16. The van der Waals surface area contributed by atoms with E-state index in [0.717, 1.165) is 24.3 Å². The van der Waals surface area contributed by atoms with E-state index in [2.05, 4.69) is 20.6 Å². The molecule has 146 valence electrons. The standard InChI is InChI=1S/C19H22N6O2S/c1-27-16-9-5-4-8-15(16)24-13-20-23-19(24)28-12-18(26)22-17-10-11-21-25(17)14-6-2-3-7-14/h4-5,8-11,13-14H,2-3,6-7,12H2,1H3,(H,22,26). The Morgan fingerprint density at radius 2 is 2.11 bits per heavy atom. The largest absolute Gasteiger partial charge is 0.495 e. The SMILES string of the molecule is COc1ccccc1-n1cnnc1SCC(=O)Nc1ccnn1C1CCCC1. The van der Waals surface area contributed by atoms with Crippen molar-refractivity contribution in [3.05, 3.63) is 42.9 Å². The maximum atomic E-state index is 12.5. The van der Waals surface area contributed by atoms with Gasteiger partial charge in [-0.1, -0.05) is 36.7 Å². The third-order valence-electron chi connectivity index (χ3n) is 4.80. The molecule has 0 bridgehead atoms. The summed E-state index contributed by atoms with van der Waals surface area (Å²) in [5.74, 6) is 1.60. The summed E-state index contributed by atoms with van der Waals surface area (Å²) in [4.78, 5) is 12.5. The van der Waals surface area contributed by atoms with E-state index >= 15 is 0 Å². The van der Waals surface area contributed by atoms with Gasteiger partial charge in [-0.15, -0.1) is 10.2 Å². The van der Waals surface area contributed by atoms with Crippen LogP contribution in [0.5, 0.6) is 5.75 Å². The molecule has 4 rings (SSSR count). The first-order chi connectivity index (χ1) is 13.8. The van der Waals surface area contributed by atoms with E-state index in [4.69, 9.17) is 4.74 Å². The van der Waals surface area contributed by atoms with Crippen LogP contribution in [0.3, 0.4) is 0 Å². The van der Waals surface area contributed by atoms with Crippen LogP contribution in [0.15, 0.2) is 48.0 Å². The number of ether oxygens (including phenoxy) is 1. The summed E-state index contributed by atoms with van der Waals surface area (Å²) in [6, 6.07) is 9.85. The lowest BCUT2D eigenvalue weighted by Crippen LogP contribution is -2.19. The molecule has 1 aromatic carbocycles. The maximum absolute atomic E-state index is 12.5. The van der Waals surface area contributed by atoms with Gasteiger partial charge in [0.1, 0.15) is 17.9 Å². The molecule has 1 aliphatic rings. The number of aromatic nitrogens is 5. The Bertz CT molecular complexity index is 947. The predicted molar refractivity (Wildman–Crippen MR) is 107 cm³/mol. The van der Waals surface area contributed by atoms with Crippen molar-refractivity contribution < 1.29 is 9.53 Å². The van der Waals surface area contributed by atoms with Gasteiger partial charge < -0.3 is 10.1 Å². The monoisotopic (exact) mass is 398 g/mol. The lowest BCUT2D eigenvalue weighted by molar-refractivity contribution is -0.113. The van der Waals surface area contributed by atoms with E-state index in [-0.39, 0.29) is 11.7 Å². The molecule has 1 saturated carbocycles. The number of hydrogen-bond donors (Lipinski definition) is 1. The van der Waals surface area contributed by atoms with Gasteiger partial charge in [-0.2, -0.15) is 5.10 Å². The lowest BCUT2D eigenvalue weighted by atomic mass is 10.2. The van der Waals surface area contributed by atoms with E-state index in [1.54, 1.807) is 19.6 Å². The van der Waals surface area contributed by atoms with Crippen LogP contribution in [-0.2, 0) is 4.79 Å². The van der Waals surface area contributed by atoms with E-state index in [1.165, 1.54) is 24.6 Å². The molecule has 8 nitrogen and oxygen atoms in total. The molecule has 1 N–H and O–H groups in total. The number of nitrogens with zero attached hydrogens (tertiary/aromatic N) is 5. The van der Waals surface area contributed by atoms with Crippen molar-refractivity contribution in [3.63, 3.8) is 0 Å². The highest BCUT2D eigenvalue weighted by atomic mass is 32.2. The second kappa shape index (κ2) is 8.47. The van der Waals surface area contributed by atoms with Crippen LogP contribution in [0.1, 0.15) is 31.7 Å². The molecule has 2 aromatic heterocycles. The zero-order valence-corrected chi connectivity index (χ0v) is 16.4. The van der Waals surface area contributed by atoms with Crippen molar-refractivity contribution >= 4 is 23.5 Å². The van der Waals surface area contributed by atoms with Gasteiger partial charge in [0.2, 0.25) is 5.91 Å². The summed E-state index contributed by atoms with van der Waals surface area (Å²) in [5, 5.41) is 16.1. The van der Waals surface area contributed by atoms with Crippen LogP contribution in [0.2, 0.25) is 0 Å². The van der Waals surface area contributed by atoms with Gasteiger partial charge in [-0.25, -0.2) is 4.68 Å². The van der Waals surface area contributed by atoms with Crippen LogP contribution in [0, 0.1) is 0 Å². The first kappa shape index (κ1) is 18.5. The van der Waals surface area contributed by atoms with E-state index < -0.39 is 0 Å². The first-order valence-corrected chi connectivity index (χ1v) is 10.2. The first-order valence-electron chi connectivity index (χ1n) is 9.26. The van der Waals surface area contributed by atoms with E-state index in [1.807, 2.05) is 39.6 Å². The fourth-order valence-electron chi connectivity index (χ4n) is 3.48. The minimum atomic E-state index is -0.0978. The van der Waals surface area contributed by atoms with Crippen LogP contribution in [0.4, 0.5) is 5.82 Å². The number of carbonyl (C=O) groups excluding carboxylic acids is 1. The molecule has 3 aromatic rings. The Hall–Kier alpha value is -2.81. The number of rotatable bonds is 7. The predicted octanol–water partition coefficient (Wildman–Crippen LogP) is 3.32. The van der Waals surface area contributed by atoms with Crippen LogP contribution in [-0.4, -0.2) is 43.3 Å². The third-order valence-corrected chi connectivity index (χ3v) is 5.74. The van der Waals surface area contributed by atoms with Gasteiger partial charge in [-0.05, 0) is 25.0 Å². The summed E-state index contributed by atoms with van der Waals surface area (Å²) in [7, 11) is 1.62. The number of hydrogen-bond acceptors (Lipinski definition) is 6. The fourth-order valence-corrected chi connectivity index (χ4v) is 4.20. The average molecular weight is 398 g/mol. The van der Waals surface area contributed by atoms with Gasteiger partial charge in [0.15, 0.2) is 5.16 Å². The van der Waals surface area contributed by atoms with Gasteiger partial charge in [0.25, 0.3) is 0 Å². The maximum Gasteiger partial charge on any atom is 0.235 e. The van der Waals surface area contributed by atoms with Gasteiger partial charge in [0, 0.05) is 6.07 Å². The lowest BCUT2D eigenvalue weighted by Gasteiger charge is -2.14. The molecule has 0 saturated heterocycles. The van der Waals surface area contributed by atoms with Gasteiger partial charge in [-0.3, -0.25) is 9.36 Å². The normalized spacial score (nSPS) is 14.3.